The Balaban J connectivity index is 1.65. The summed E-state index contributed by atoms with van der Waals surface area (Å²) < 4.78 is 11.1. The van der Waals surface area contributed by atoms with Crippen LogP contribution in [0.15, 0.2) is 42.5 Å². The van der Waals surface area contributed by atoms with Gasteiger partial charge in [-0.1, -0.05) is 30.3 Å². The molecule has 1 N–H and O–H groups in total. The molecule has 0 aliphatic carbocycles. The number of aliphatic hydroxyl groups is 1. The highest BCUT2D eigenvalue weighted by Crippen LogP contribution is 2.24. The molecular weight excluding hydrogens is 376 g/mol. The van der Waals surface area contributed by atoms with Crippen LogP contribution in [0.25, 0.3) is 0 Å². The average Bonchev–Trinajstić information content (AvgIpc) is 2.76. The van der Waals surface area contributed by atoms with Crippen LogP contribution in [0.4, 0.5) is 0 Å². The van der Waals surface area contributed by atoms with Gasteiger partial charge < -0.3 is 14.6 Å². The second-order valence-electron chi connectivity index (χ2n) is 8.08. The first-order valence-corrected chi connectivity index (χ1v) is 11.0. The van der Waals surface area contributed by atoms with Crippen molar-refractivity contribution in [3.05, 3.63) is 64.7 Å². The molecule has 1 atom stereocenters. The maximum atomic E-state index is 9.64. The molecule has 30 heavy (non-hydrogen) atoms. The van der Waals surface area contributed by atoms with Crippen molar-refractivity contribution in [1.82, 2.24) is 9.80 Å². The quantitative estimate of drug-likeness (QED) is 0.646. The SMILES string of the molecule is CCOCc1cc(CN2CCN(Cc3ccccc3C)C(CCO)C2)ccc1OC. The minimum Gasteiger partial charge on any atom is -0.496 e. The fraction of sp³-hybridized carbons (Fsp3) is 0.520. The van der Waals surface area contributed by atoms with E-state index in [2.05, 4.69) is 53.1 Å². The smallest absolute Gasteiger partial charge is 0.124 e. The van der Waals surface area contributed by atoms with Crippen molar-refractivity contribution in [3.8, 4) is 5.75 Å². The molecule has 1 heterocycles. The Hall–Kier alpha value is -1.92. The van der Waals surface area contributed by atoms with Crippen molar-refractivity contribution in [2.24, 2.45) is 0 Å². The first-order valence-electron chi connectivity index (χ1n) is 11.0. The van der Waals surface area contributed by atoms with Crippen LogP contribution in [0, 0.1) is 6.92 Å². The lowest BCUT2D eigenvalue weighted by molar-refractivity contribution is 0.0498. The summed E-state index contributed by atoms with van der Waals surface area (Å²) in [4.78, 5) is 5.03. The third kappa shape index (κ3) is 6.05. The highest BCUT2D eigenvalue weighted by Gasteiger charge is 2.27. The van der Waals surface area contributed by atoms with E-state index in [-0.39, 0.29) is 6.61 Å². The van der Waals surface area contributed by atoms with Crippen molar-refractivity contribution in [3.63, 3.8) is 0 Å². The van der Waals surface area contributed by atoms with Gasteiger partial charge in [0.05, 0.1) is 13.7 Å². The number of piperazine rings is 1. The first kappa shape index (κ1) is 22.8. The van der Waals surface area contributed by atoms with E-state index < -0.39 is 0 Å². The molecule has 1 unspecified atom stereocenters. The number of ether oxygens (including phenoxy) is 2. The van der Waals surface area contributed by atoms with E-state index in [0.717, 1.165) is 50.5 Å². The van der Waals surface area contributed by atoms with E-state index in [4.69, 9.17) is 9.47 Å². The Morgan fingerprint density at radius 1 is 1.07 bits per heavy atom. The normalized spacial score (nSPS) is 17.9. The van der Waals surface area contributed by atoms with Gasteiger partial charge in [-0.05, 0) is 49.1 Å². The lowest BCUT2D eigenvalue weighted by atomic mass is 10.0. The van der Waals surface area contributed by atoms with Crippen LogP contribution in [-0.2, 0) is 24.4 Å². The summed E-state index contributed by atoms with van der Waals surface area (Å²) in [6, 6.07) is 15.4. The molecule has 1 fully saturated rings. The summed E-state index contributed by atoms with van der Waals surface area (Å²) in [6.45, 7) is 10.5. The monoisotopic (exact) mass is 412 g/mol. The van der Waals surface area contributed by atoms with Gasteiger partial charge in [-0.25, -0.2) is 0 Å². The first-order chi connectivity index (χ1) is 14.6. The Bertz CT molecular complexity index is 796. The summed E-state index contributed by atoms with van der Waals surface area (Å²) in [6.07, 6.45) is 0.806. The highest BCUT2D eigenvalue weighted by atomic mass is 16.5. The standard InChI is InChI=1S/C25H36N2O3/c1-4-30-19-23-15-21(9-10-25(23)29-3)16-26-12-13-27(24(18-26)11-14-28)17-22-8-6-5-7-20(22)2/h5-10,15,24,28H,4,11-14,16-19H2,1-3H3. The summed E-state index contributed by atoms with van der Waals surface area (Å²) >= 11 is 0. The van der Waals surface area contributed by atoms with E-state index >= 15 is 0 Å². The number of benzene rings is 2. The molecule has 1 aliphatic rings. The second kappa shape index (κ2) is 11.5. The summed E-state index contributed by atoms with van der Waals surface area (Å²) in [5.74, 6) is 0.883. The van der Waals surface area contributed by atoms with Gasteiger partial charge in [0.25, 0.3) is 0 Å². The molecule has 5 heteroatoms. The number of hydrogen-bond acceptors (Lipinski definition) is 5. The van der Waals surface area contributed by atoms with E-state index in [1.807, 2.05) is 13.0 Å². The highest BCUT2D eigenvalue weighted by molar-refractivity contribution is 5.37. The van der Waals surface area contributed by atoms with Crippen LogP contribution >= 0.6 is 0 Å². The van der Waals surface area contributed by atoms with Crippen molar-refractivity contribution < 1.29 is 14.6 Å². The van der Waals surface area contributed by atoms with Crippen molar-refractivity contribution in [2.45, 2.75) is 46.0 Å². The van der Waals surface area contributed by atoms with Gasteiger partial charge in [-0.3, -0.25) is 9.80 Å². The Labute approximate surface area is 181 Å². The molecular formula is C25H36N2O3. The molecule has 1 aliphatic heterocycles. The van der Waals surface area contributed by atoms with E-state index in [1.54, 1.807) is 7.11 Å². The summed E-state index contributed by atoms with van der Waals surface area (Å²) in [5, 5.41) is 9.64. The van der Waals surface area contributed by atoms with Gasteiger partial charge in [0.15, 0.2) is 0 Å². The van der Waals surface area contributed by atoms with Crippen molar-refractivity contribution >= 4 is 0 Å². The average molecular weight is 413 g/mol. The minimum absolute atomic E-state index is 0.226. The molecule has 2 aromatic rings. The number of methoxy groups -OCH3 is 1. The molecule has 1 saturated heterocycles. The van der Waals surface area contributed by atoms with Crippen LogP contribution in [0.1, 0.15) is 35.6 Å². The number of aryl methyl sites for hydroxylation is 1. The van der Waals surface area contributed by atoms with Crippen molar-refractivity contribution in [2.75, 3.05) is 40.0 Å². The number of rotatable bonds is 10. The van der Waals surface area contributed by atoms with Gasteiger partial charge >= 0.3 is 0 Å². The van der Waals surface area contributed by atoms with E-state index in [0.29, 0.717) is 19.3 Å². The zero-order valence-corrected chi connectivity index (χ0v) is 18.6. The van der Waals surface area contributed by atoms with Gasteiger partial charge in [0.1, 0.15) is 5.75 Å². The summed E-state index contributed by atoms with van der Waals surface area (Å²) in [7, 11) is 1.71. The van der Waals surface area contributed by atoms with Gasteiger partial charge in [0.2, 0.25) is 0 Å². The molecule has 0 amide bonds. The predicted molar refractivity (Wildman–Crippen MR) is 121 cm³/mol. The van der Waals surface area contributed by atoms with Crippen LogP contribution in [0.3, 0.4) is 0 Å². The third-order valence-corrected chi connectivity index (χ3v) is 6.00. The third-order valence-electron chi connectivity index (χ3n) is 6.00. The number of hydrogen-bond donors (Lipinski definition) is 1. The maximum Gasteiger partial charge on any atom is 0.124 e. The molecule has 0 radical (unpaired) electrons. The Morgan fingerprint density at radius 3 is 2.63 bits per heavy atom. The van der Waals surface area contributed by atoms with Gasteiger partial charge in [-0.15, -0.1) is 0 Å². The lowest BCUT2D eigenvalue weighted by Crippen LogP contribution is -2.52. The Morgan fingerprint density at radius 2 is 1.90 bits per heavy atom. The zero-order chi connectivity index (χ0) is 21.3. The molecule has 5 nitrogen and oxygen atoms in total. The molecule has 0 spiro atoms. The molecule has 3 rings (SSSR count). The van der Waals surface area contributed by atoms with Gasteiger partial charge in [-0.2, -0.15) is 0 Å². The maximum absolute atomic E-state index is 9.64. The molecule has 0 saturated carbocycles. The van der Waals surface area contributed by atoms with Crippen LogP contribution < -0.4 is 4.74 Å². The van der Waals surface area contributed by atoms with E-state index in [9.17, 15) is 5.11 Å². The summed E-state index contributed by atoms with van der Waals surface area (Å²) in [5.41, 5.74) is 5.09. The Kier molecular flexibility index (Phi) is 8.70. The fourth-order valence-corrected chi connectivity index (χ4v) is 4.25. The van der Waals surface area contributed by atoms with Crippen molar-refractivity contribution in [1.29, 1.82) is 0 Å². The molecule has 0 bridgehead atoms. The number of aliphatic hydroxyl groups excluding tert-OH is 1. The zero-order valence-electron chi connectivity index (χ0n) is 18.6. The predicted octanol–water partition coefficient (Wildman–Crippen LogP) is 3.61. The molecule has 2 aromatic carbocycles. The molecule has 0 aromatic heterocycles. The number of nitrogens with zero attached hydrogens (tertiary/aromatic N) is 2. The van der Waals surface area contributed by atoms with Crippen LogP contribution in [0.2, 0.25) is 0 Å². The fourth-order valence-electron chi connectivity index (χ4n) is 4.25. The lowest BCUT2D eigenvalue weighted by Gasteiger charge is -2.41. The van der Waals surface area contributed by atoms with E-state index in [1.165, 1.54) is 16.7 Å². The largest absolute Gasteiger partial charge is 0.496 e. The topological polar surface area (TPSA) is 45.2 Å². The van der Waals surface area contributed by atoms with Crippen LogP contribution in [-0.4, -0.2) is 60.9 Å². The molecule has 164 valence electrons. The second-order valence-corrected chi connectivity index (χ2v) is 8.08. The van der Waals surface area contributed by atoms with Crippen LogP contribution in [0.5, 0.6) is 5.75 Å². The minimum atomic E-state index is 0.226. The van der Waals surface area contributed by atoms with Gasteiger partial charge in [0, 0.05) is 57.5 Å².